The van der Waals surface area contributed by atoms with Crippen LogP contribution in [0.4, 0.5) is 0 Å². The van der Waals surface area contributed by atoms with E-state index in [4.69, 9.17) is 5.73 Å². The summed E-state index contributed by atoms with van der Waals surface area (Å²) in [5, 5.41) is 15.2. The smallest absolute Gasteiger partial charge is 0.239 e. The molecule has 0 spiro atoms. The fourth-order valence-electron chi connectivity index (χ4n) is 2.30. The van der Waals surface area contributed by atoms with Gasteiger partial charge in [-0.25, -0.2) is 0 Å². The molecule has 2 unspecified atom stereocenters. The Morgan fingerprint density at radius 2 is 1.90 bits per heavy atom. The van der Waals surface area contributed by atoms with E-state index in [1.807, 2.05) is 13.8 Å². The second-order valence-electron chi connectivity index (χ2n) is 5.87. The Kier molecular flexibility index (Phi) is 6.95. The molecule has 0 aromatic rings. The van der Waals surface area contributed by atoms with Crippen LogP contribution >= 0.6 is 0 Å². The molecule has 1 saturated carbocycles. The van der Waals surface area contributed by atoms with Gasteiger partial charge in [-0.3, -0.25) is 9.59 Å². The lowest BCUT2D eigenvalue weighted by Crippen LogP contribution is -2.50. The lowest BCUT2D eigenvalue weighted by Gasteiger charge is -2.22. The van der Waals surface area contributed by atoms with Gasteiger partial charge in [0.1, 0.15) is 0 Å². The van der Waals surface area contributed by atoms with E-state index in [0.717, 1.165) is 32.1 Å². The number of rotatable bonds is 5. The van der Waals surface area contributed by atoms with Crippen molar-refractivity contribution in [2.75, 3.05) is 6.54 Å². The number of carbonyl (C=O) groups excluding carboxylic acids is 2. The number of aliphatic hydroxyl groups excluding tert-OH is 1. The maximum absolute atomic E-state index is 11.8. The van der Waals surface area contributed by atoms with Gasteiger partial charge in [-0.2, -0.15) is 0 Å². The summed E-state index contributed by atoms with van der Waals surface area (Å²) in [7, 11) is 0. The fourth-order valence-corrected chi connectivity index (χ4v) is 2.30. The second-order valence-corrected chi connectivity index (χ2v) is 5.87. The van der Waals surface area contributed by atoms with Crippen molar-refractivity contribution in [3.8, 4) is 0 Å². The molecule has 0 aromatic heterocycles. The molecule has 1 aliphatic carbocycles. The van der Waals surface area contributed by atoms with Gasteiger partial charge >= 0.3 is 0 Å². The summed E-state index contributed by atoms with van der Waals surface area (Å²) in [5.41, 5.74) is 5.69. The molecule has 0 aromatic carbocycles. The predicted octanol–water partition coefficient (Wildman–Crippen LogP) is -0.104. The van der Waals surface area contributed by atoms with Crippen LogP contribution in [0.2, 0.25) is 0 Å². The molecule has 0 radical (unpaired) electrons. The van der Waals surface area contributed by atoms with Crippen molar-refractivity contribution >= 4 is 11.8 Å². The molecule has 6 heteroatoms. The highest BCUT2D eigenvalue weighted by Crippen LogP contribution is 2.17. The minimum absolute atomic E-state index is 0.0294. The van der Waals surface area contributed by atoms with E-state index < -0.39 is 12.1 Å². The summed E-state index contributed by atoms with van der Waals surface area (Å²) in [6, 6.07) is -0.813. The van der Waals surface area contributed by atoms with Gasteiger partial charge in [-0.05, 0) is 18.8 Å². The van der Waals surface area contributed by atoms with Crippen molar-refractivity contribution in [1.82, 2.24) is 10.6 Å². The van der Waals surface area contributed by atoms with Gasteiger partial charge in [-0.15, -0.1) is 0 Å². The van der Waals surface area contributed by atoms with E-state index in [1.165, 1.54) is 0 Å². The highest BCUT2D eigenvalue weighted by atomic mass is 16.3. The third-order valence-corrected chi connectivity index (χ3v) is 3.77. The molecule has 2 amide bonds. The third kappa shape index (κ3) is 5.46. The Labute approximate surface area is 120 Å². The molecule has 0 saturated heterocycles. The molecule has 116 valence electrons. The molecule has 0 bridgehead atoms. The van der Waals surface area contributed by atoms with E-state index in [-0.39, 0.29) is 30.3 Å². The van der Waals surface area contributed by atoms with E-state index in [0.29, 0.717) is 0 Å². The summed E-state index contributed by atoms with van der Waals surface area (Å²) in [5.74, 6) is -0.571. The SMILES string of the molecule is CC(C)[C@H](N)C(=O)NCC(=O)NC1CCCCCC1O. The number of aliphatic hydroxyl groups is 1. The molecule has 5 N–H and O–H groups in total. The van der Waals surface area contributed by atoms with Crippen molar-refractivity contribution < 1.29 is 14.7 Å². The fraction of sp³-hybridized carbons (Fsp3) is 0.857. The summed E-state index contributed by atoms with van der Waals surface area (Å²) >= 11 is 0. The van der Waals surface area contributed by atoms with E-state index in [1.54, 1.807) is 0 Å². The monoisotopic (exact) mass is 285 g/mol. The zero-order valence-electron chi connectivity index (χ0n) is 12.4. The van der Waals surface area contributed by atoms with Crippen LogP contribution in [0.25, 0.3) is 0 Å². The molecule has 0 aliphatic heterocycles. The van der Waals surface area contributed by atoms with E-state index in [2.05, 4.69) is 10.6 Å². The standard InChI is InChI=1S/C14H27N3O3/c1-9(2)13(15)14(20)16-8-12(19)17-10-6-4-3-5-7-11(10)18/h9-11,13,18H,3-8,15H2,1-2H3,(H,16,20)(H,17,19)/t10?,11?,13-/m0/s1. The number of hydrogen-bond acceptors (Lipinski definition) is 4. The maximum atomic E-state index is 11.8. The van der Waals surface area contributed by atoms with Crippen molar-refractivity contribution in [1.29, 1.82) is 0 Å². The lowest BCUT2D eigenvalue weighted by molar-refractivity contribution is -0.128. The topological polar surface area (TPSA) is 104 Å². The zero-order valence-corrected chi connectivity index (χ0v) is 12.4. The molecule has 1 aliphatic rings. The van der Waals surface area contributed by atoms with Crippen molar-refractivity contribution in [3.05, 3.63) is 0 Å². The summed E-state index contributed by atoms with van der Waals surface area (Å²) in [6.45, 7) is 3.61. The van der Waals surface area contributed by atoms with Gasteiger partial charge in [0, 0.05) is 0 Å². The Morgan fingerprint density at radius 3 is 2.55 bits per heavy atom. The average molecular weight is 285 g/mol. The second kappa shape index (κ2) is 8.21. The molecular weight excluding hydrogens is 258 g/mol. The van der Waals surface area contributed by atoms with Crippen molar-refractivity contribution in [2.24, 2.45) is 11.7 Å². The van der Waals surface area contributed by atoms with Crippen LogP contribution in [0.15, 0.2) is 0 Å². The number of nitrogens with two attached hydrogens (primary N) is 1. The third-order valence-electron chi connectivity index (χ3n) is 3.77. The normalized spacial score (nSPS) is 24.9. The van der Waals surface area contributed by atoms with Crippen LogP contribution in [-0.2, 0) is 9.59 Å². The number of hydrogen-bond donors (Lipinski definition) is 4. The van der Waals surface area contributed by atoms with Crippen LogP contribution in [0.1, 0.15) is 46.0 Å². The summed E-state index contributed by atoms with van der Waals surface area (Å²) in [4.78, 5) is 23.4. The average Bonchev–Trinajstić information content (AvgIpc) is 2.60. The predicted molar refractivity (Wildman–Crippen MR) is 76.8 cm³/mol. The maximum Gasteiger partial charge on any atom is 0.239 e. The van der Waals surface area contributed by atoms with Gasteiger partial charge in [0.05, 0.1) is 24.7 Å². The van der Waals surface area contributed by atoms with Gasteiger partial charge in [0.25, 0.3) is 0 Å². The Morgan fingerprint density at radius 1 is 1.25 bits per heavy atom. The largest absolute Gasteiger partial charge is 0.391 e. The van der Waals surface area contributed by atoms with Crippen LogP contribution < -0.4 is 16.4 Å². The first-order chi connectivity index (χ1) is 9.41. The molecule has 1 fully saturated rings. The Hall–Kier alpha value is -1.14. The number of carbonyl (C=O) groups is 2. The van der Waals surface area contributed by atoms with Crippen LogP contribution in [0.3, 0.4) is 0 Å². The Balaban J connectivity index is 2.34. The highest BCUT2D eigenvalue weighted by Gasteiger charge is 2.23. The number of amides is 2. The quantitative estimate of drug-likeness (QED) is 0.529. The van der Waals surface area contributed by atoms with Crippen LogP contribution in [0.5, 0.6) is 0 Å². The van der Waals surface area contributed by atoms with Gasteiger partial charge in [0.15, 0.2) is 0 Å². The molecule has 1 rings (SSSR count). The molecule has 6 nitrogen and oxygen atoms in total. The summed E-state index contributed by atoms with van der Waals surface area (Å²) in [6.07, 6.45) is 4.10. The van der Waals surface area contributed by atoms with Gasteiger partial charge < -0.3 is 21.5 Å². The molecule has 3 atom stereocenters. The van der Waals surface area contributed by atoms with Crippen molar-refractivity contribution in [3.63, 3.8) is 0 Å². The van der Waals surface area contributed by atoms with Gasteiger partial charge in [-0.1, -0.05) is 33.1 Å². The first-order valence-corrected chi connectivity index (χ1v) is 7.42. The minimum atomic E-state index is -0.605. The van der Waals surface area contributed by atoms with Gasteiger partial charge in [0.2, 0.25) is 11.8 Å². The molecular formula is C14H27N3O3. The molecule has 20 heavy (non-hydrogen) atoms. The summed E-state index contributed by atoms with van der Waals surface area (Å²) < 4.78 is 0. The Bertz CT molecular complexity index is 334. The van der Waals surface area contributed by atoms with E-state index >= 15 is 0 Å². The van der Waals surface area contributed by atoms with Crippen LogP contribution in [-0.4, -0.2) is 41.7 Å². The van der Waals surface area contributed by atoms with Crippen LogP contribution in [0, 0.1) is 5.92 Å². The first-order valence-electron chi connectivity index (χ1n) is 7.42. The van der Waals surface area contributed by atoms with Crippen molar-refractivity contribution in [2.45, 2.75) is 64.1 Å². The number of nitrogens with one attached hydrogen (secondary N) is 2. The minimum Gasteiger partial charge on any atom is -0.391 e. The highest BCUT2D eigenvalue weighted by molar-refractivity contribution is 5.87. The molecule has 0 heterocycles. The first kappa shape index (κ1) is 16.9. The van der Waals surface area contributed by atoms with E-state index in [9.17, 15) is 14.7 Å². The lowest BCUT2D eigenvalue weighted by atomic mass is 10.1. The zero-order chi connectivity index (χ0) is 15.1.